The Kier molecular flexibility index (Phi) is 3.89. The van der Waals surface area contributed by atoms with Crippen molar-refractivity contribution >= 4 is 11.3 Å². The van der Waals surface area contributed by atoms with E-state index in [1.165, 1.54) is 0 Å². The first kappa shape index (κ1) is 16.6. The van der Waals surface area contributed by atoms with Crippen LogP contribution in [0.3, 0.4) is 0 Å². The Hall–Kier alpha value is -3.55. The zero-order valence-corrected chi connectivity index (χ0v) is 15.4. The lowest BCUT2D eigenvalue weighted by Crippen LogP contribution is -2.17. The minimum atomic E-state index is -0.0807. The number of hydrogen-bond donors (Lipinski definition) is 1. The number of tetrazole rings is 1. The Morgan fingerprint density at radius 1 is 1.18 bits per heavy atom. The highest BCUT2D eigenvalue weighted by Crippen LogP contribution is 2.36. The summed E-state index contributed by atoms with van der Waals surface area (Å²) >= 11 is 0. The summed E-state index contributed by atoms with van der Waals surface area (Å²) < 4.78 is 3.46. The molecule has 1 aliphatic carbocycles. The molecule has 0 bridgehead atoms. The van der Waals surface area contributed by atoms with E-state index in [4.69, 9.17) is 0 Å². The van der Waals surface area contributed by atoms with E-state index >= 15 is 0 Å². The molecule has 5 rings (SSSR count). The first-order valence-electron chi connectivity index (χ1n) is 9.29. The minimum Gasteiger partial charge on any atom is -0.379 e. The fourth-order valence-electron chi connectivity index (χ4n) is 3.31. The highest BCUT2D eigenvalue weighted by molar-refractivity contribution is 5.62. The van der Waals surface area contributed by atoms with E-state index in [-0.39, 0.29) is 5.56 Å². The zero-order chi connectivity index (χ0) is 19.1. The number of fused-ring (bicyclic) bond motifs is 1. The number of aryl methyl sites for hydroxylation is 1. The van der Waals surface area contributed by atoms with Gasteiger partial charge in [0.25, 0.3) is 5.56 Å². The van der Waals surface area contributed by atoms with Crippen molar-refractivity contribution in [2.75, 3.05) is 5.32 Å². The fourth-order valence-corrected chi connectivity index (χ4v) is 3.31. The molecule has 3 heterocycles. The Morgan fingerprint density at radius 2 is 2.07 bits per heavy atom. The van der Waals surface area contributed by atoms with Crippen LogP contribution >= 0.6 is 0 Å². The van der Waals surface area contributed by atoms with Gasteiger partial charge in [-0.25, -0.2) is 9.67 Å². The highest BCUT2D eigenvalue weighted by atomic mass is 16.1. The summed E-state index contributed by atoms with van der Waals surface area (Å²) in [4.78, 5) is 17.0. The standard InChI is InChI=1S/C20H19N7O/c1-13-4-3-9-26-18(28)11-16(22-19(13)26)12-21-15-6-2-5-14(10-15)20-23-24-25-27(20)17-7-8-17/h2-6,9-11,17,21H,7-8,12H2,1H3. The molecule has 1 fully saturated rings. The minimum absolute atomic E-state index is 0.0807. The number of aromatic nitrogens is 6. The van der Waals surface area contributed by atoms with E-state index in [2.05, 4.69) is 25.8 Å². The number of nitrogens with one attached hydrogen (secondary N) is 1. The average molecular weight is 373 g/mol. The second-order valence-corrected chi connectivity index (χ2v) is 7.08. The first-order valence-corrected chi connectivity index (χ1v) is 9.29. The molecule has 140 valence electrons. The Balaban J connectivity index is 1.40. The van der Waals surface area contributed by atoms with Crippen molar-refractivity contribution in [1.82, 2.24) is 29.6 Å². The molecule has 1 N–H and O–H groups in total. The van der Waals surface area contributed by atoms with Gasteiger partial charge in [-0.15, -0.1) is 5.10 Å². The van der Waals surface area contributed by atoms with Gasteiger partial charge in [0, 0.05) is 23.5 Å². The van der Waals surface area contributed by atoms with Crippen LogP contribution in [0.2, 0.25) is 0 Å². The molecule has 1 aromatic carbocycles. The normalized spacial score (nSPS) is 13.8. The predicted octanol–water partition coefficient (Wildman–Crippen LogP) is 2.60. The quantitative estimate of drug-likeness (QED) is 0.578. The topological polar surface area (TPSA) is 90.0 Å². The lowest BCUT2D eigenvalue weighted by Gasteiger charge is -2.10. The van der Waals surface area contributed by atoms with Crippen molar-refractivity contribution in [2.24, 2.45) is 0 Å². The van der Waals surface area contributed by atoms with Crippen LogP contribution in [0.4, 0.5) is 5.69 Å². The van der Waals surface area contributed by atoms with E-state index in [9.17, 15) is 4.79 Å². The smallest absolute Gasteiger partial charge is 0.258 e. The summed E-state index contributed by atoms with van der Waals surface area (Å²) in [6.45, 7) is 2.41. The van der Waals surface area contributed by atoms with Gasteiger partial charge in [0.05, 0.1) is 18.3 Å². The van der Waals surface area contributed by atoms with Gasteiger partial charge in [-0.3, -0.25) is 9.20 Å². The van der Waals surface area contributed by atoms with Crippen LogP contribution < -0.4 is 10.9 Å². The molecule has 8 nitrogen and oxygen atoms in total. The van der Waals surface area contributed by atoms with Gasteiger partial charge < -0.3 is 5.32 Å². The SMILES string of the molecule is Cc1cccn2c(=O)cc(CNc3cccc(-c4nnnn4C4CC4)c3)nc12. The van der Waals surface area contributed by atoms with Crippen LogP contribution in [0.5, 0.6) is 0 Å². The van der Waals surface area contributed by atoms with Gasteiger partial charge in [-0.2, -0.15) is 0 Å². The summed E-state index contributed by atoms with van der Waals surface area (Å²) in [5.74, 6) is 0.781. The Bertz CT molecular complexity index is 1220. The van der Waals surface area contributed by atoms with Crippen molar-refractivity contribution in [3.8, 4) is 11.4 Å². The largest absolute Gasteiger partial charge is 0.379 e. The van der Waals surface area contributed by atoms with Crippen LogP contribution in [0.25, 0.3) is 17.0 Å². The molecule has 1 saturated carbocycles. The van der Waals surface area contributed by atoms with E-state index in [0.717, 1.165) is 35.5 Å². The van der Waals surface area contributed by atoms with Crippen molar-refractivity contribution in [3.05, 3.63) is 70.3 Å². The Labute approximate surface area is 160 Å². The summed E-state index contributed by atoms with van der Waals surface area (Å²) in [5, 5.41) is 15.5. The van der Waals surface area contributed by atoms with E-state index < -0.39 is 0 Å². The average Bonchev–Trinajstić information content (AvgIpc) is 3.44. The van der Waals surface area contributed by atoms with Crippen molar-refractivity contribution in [2.45, 2.75) is 32.4 Å². The molecule has 0 spiro atoms. The molecule has 0 amide bonds. The molecule has 8 heteroatoms. The maximum atomic E-state index is 12.4. The van der Waals surface area contributed by atoms with Crippen molar-refractivity contribution in [3.63, 3.8) is 0 Å². The molecule has 0 saturated heterocycles. The lowest BCUT2D eigenvalue weighted by atomic mass is 10.2. The summed E-state index contributed by atoms with van der Waals surface area (Å²) in [6, 6.07) is 13.8. The third-order valence-electron chi connectivity index (χ3n) is 4.92. The van der Waals surface area contributed by atoms with Crippen molar-refractivity contribution in [1.29, 1.82) is 0 Å². The second kappa shape index (κ2) is 6.56. The molecule has 1 aliphatic rings. The van der Waals surface area contributed by atoms with Crippen LogP contribution in [-0.2, 0) is 6.54 Å². The van der Waals surface area contributed by atoms with Gasteiger partial charge in [0.1, 0.15) is 5.65 Å². The first-order chi connectivity index (χ1) is 13.7. The second-order valence-electron chi connectivity index (χ2n) is 7.08. The van der Waals surface area contributed by atoms with Gasteiger partial charge in [-0.05, 0) is 54.0 Å². The molecule has 0 aliphatic heterocycles. The molecule has 28 heavy (non-hydrogen) atoms. The van der Waals surface area contributed by atoms with Gasteiger partial charge >= 0.3 is 0 Å². The summed E-state index contributed by atoms with van der Waals surface area (Å²) in [5.41, 5.74) is 4.16. The van der Waals surface area contributed by atoms with Gasteiger partial charge in [0.15, 0.2) is 5.82 Å². The summed E-state index contributed by atoms with van der Waals surface area (Å²) in [6.07, 6.45) is 3.99. The molecule has 0 radical (unpaired) electrons. The third-order valence-corrected chi connectivity index (χ3v) is 4.92. The lowest BCUT2D eigenvalue weighted by molar-refractivity contribution is 0.615. The third kappa shape index (κ3) is 3.02. The molecular formula is C20H19N7O. The number of rotatable bonds is 5. The number of pyridine rings is 1. The van der Waals surface area contributed by atoms with Crippen LogP contribution in [0.15, 0.2) is 53.5 Å². The number of benzene rings is 1. The van der Waals surface area contributed by atoms with E-state index in [1.54, 1.807) is 16.7 Å². The summed E-state index contributed by atoms with van der Waals surface area (Å²) in [7, 11) is 0. The predicted molar refractivity (Wildman–Crippen MR) is 105 cm³/mol. The van der Waals surface area contributed by atoms with Gasteiger partial charge in [-0.1, -0.05) is 18.2 Å². The van der Waals surface area contributed by atoms with Gasteiger partial charge in [0.2, 0.25) is 0 Å². The Morgan fingerprint density at radius 3 is 2.93 bits per heavy atom. The van der Waals surface area contributed by atoms with Crippen LogP contribution in [-0.4, -0.2) is 29.6 Å². The van der Waals surface area contributed by atoms with Crippen molar-refractivity contribution < 1.29 is 0 Å². The number of nitrogens with zero attached hydrogens (tertiary/aromatic N) is 6. The molecule has 3 aromatic heterocycles. The fraction of sp³-hybridized carbons (Fsp3) is 0.250. The maximum absolute atomic E-state index is 12.4. The molecule has 4 aromatic rings. The number of hydrogen-bond acceptors (Lipinski definition) is 6. The monoisotopic (exact) mass is 373 g/mol. The molecule has 0 unspecified atom stereocenters. The zero-order valence-electron chi connectivity index (χ0n) is 15.4. The van der Waals surface area contributed by atoms with E-state index in [0.29, 0.717) is 23.9 Å². The van der Waals surface area contributed by atoms with Crippen LogP contribution in [0.1, 0.15) is 30.1 Å². The number of anilines is 1. The molecule has 0 atom stereocenters. The highest BCUT2D eigenvalue weighted by Gasteiger charge is 2.28. The van der Waals surface area contributed by atoms with E-state index in [1.807, 2.05) is 48.0 Å². The maximum Gasteiger partial charge on any atom is 0.258 e. The van der Waals surface area contributed by atoms with Crippen LogP contribution in [0, 0.1) is 6.92 Å². The molecular weight excluding hydrogens is 354 g/mol.